The van der Waals surface area contributed by atoms with Crippen LogP contribution in [0.3, 0.4) is 0 Å². The molecule has 3 aromatic rings. The van der Waals surface area contributed by atoms with Crippen LogP contribution in [0.25, 0.3) is 10.9 Å². The van der Waals surface area contributed by atoms with Crippen LogP contribution in [0.2, 0.25) is 0 Å². The first-order valence-corrected chi connectivity index (χ1v) is 10.2. The first-order valence-electron chi connectivity index (χ1n) is 9.80. The number of pyridine rings is 1. The molecule has 0 spiro atoms. The topological polar surface area (TPSA) is 85.8 Å². The molecule has 1 fully saturated rings. The lowest BCUT2D eigenvalue weighted by Crippen LogP contribution is -2.30. The number of amides is 1. The number of nitrogen functional groups attached to an aromatic ring is 1. The van der Waals surface area contributed by atoms with Crippen molar-refractivity contribution in [2.45, 2.75) is 49.5 Å². The predicted molar refractivity (Wildman–Crippen MR) is 114 cm³/mol. The third-order valence-corrected chi connectivity index (χ3v) is 5.79. The Balaban J connectivity index is 1.67. The van der Waals surface area contributed by atoms with Crippen molar-refractivity contribution in [3.05, 3.63) is 42.6 Å². The highest BCUT2D eigenvalue weighted by atomic mass is 32.1. The molecule has 1 amide bonds. The quantitative estimate of drug-likeness (QED) is 0.557. The van der Waals surface area contributed by atoms with Crippen LogP contribution in [0.4, 0.5) is 11.6 Å². The third kappa shape index (κ3) is 3.99. The largest absolute Gasteiger partial charge is 0.383 e. The number of benzene rings is 1. The summed E-state index contributed by atoms with van der Waals surface area (Å²) in [4.78, 5) is 18.2. The van der Waals surface area contributed by atoms with Crippen LogP contribution in [0.5, 0.6) is 0 Å². The number of carbonyl (C=O) groups is 1. The fourth-order valence-corrected chi connectivity index (χ4v) is 4.25. The molecule has 1 unspecified atom stereocenters. The Morgan fingerprint density at radius 1 is 1.25 bits per heavy atom. The van der Waals surface area contributed by atoms with Gasteiger partial charge in [-0.15, -0.1) is 12.6 Å². The Kier molecular flexibility index (Phi) is 5.52. The molecule has 0 saturated heterocycles. The van der Waals surface area contributed by atoms with E-state index in [4.69, 9.17) is 5.73 Å². The van der Waals surface area contributed by atoms with Gasteiger partial charge in [0.25, 0.3) is 0 Å². The molecule has 6 nitrogen and oxygen atoms in total. The molecule has 0 aliphatic heterocycles. The zero-order valence-electron chi connectivity index (χ0n) is 15.7. The van der Waals surface area contributed by atoms with Crippen LogP contribution in [0, 0.1) is 5.92 Å². The van der Waals surface area contributed by atoms with Crippen molar-refractivity contribution in [2.24, 2.45) is 5.92 Å². The van der Waals surface area contributed by atoms with E-state index in [1.54, 1.807) is 16.9 Å². The van der Waals surface area contributed by atoms with Crippen LogP contribution in [-0.4, -0.2) is 20.7 Å². The Labute approximate surface area is 169 Å². The molecule has 1 saturated carbocycles. The summed E-state index contributed by atoms with van der Waals surface area (Å²) in [6.07, 6.45) is 8.41. The average molecular weight is 396 g/mol. The molecule has 146 valence electrons. The summed E-state index contributed by atoms with van der Waals surface area (Å²) in [5.74, 6) is 1.41. The molecular formula is C21H25N5OS. The van der Waals surface area contributed by atoms with E-state index in [9.17, 15) is 4.79 Å². The van der Waals surface area contributed by atoms with Crippen LogP contribution >= 0.6 is 12.6 Å². The average Bonchev–Trinajstić information content (AvgIpc) is 3.03. The van der Waals surface area contributed by atoms with Gasteiger partial charge in [0, 0.05) is 16.5 Å². The van der Waals surface area contributed by atoms with Gasteiger partial charge in [0.15, 0.2) is 0 Å². The van der Waals surface area contributed by atoms with Gasteiger partial charge in [-0.1, -0.05) is 38.2 Å². The molecule has 3 N–H and O–H groups in total. The smallest absolute Gasteiger partial charge is 0.250 e. The number of nitrogens with one attached hydrogen (secondary N) is 1. The maximum atomic E-state index is 13.2. The van der Waals surface area contributed by atoms with Crippen molar-refractivity contribution < 1.29 is 4.79 Å². The van der Waals surface area contributed by atoms with E-state index in [2.05, 4.69) is 28.0 Å². The van der Waals surface area contributed by atoms with Gasteiger partial charge in [-0.2, -0.15) is 5.10 Å². The van der Waals surface area contributed by atoms with Crippen molar-refractivity contribution in [3.8, 4) is 0 Å². The van der Waals surface area contributed by atoms with Gasteiger partial charge < -0.3 is 11.1 Å². The normalized spacial score (nSPS) is 16.2. The van der Waals surface area contributed by atoms with E-state index in [-0.39, 0.29) is 5.91 Å². The van der Waals surface area contributed by atoms with Gasteiger partial charge >= 0.3 is 0 Å². The monoisotopic (exact) mass is 395 g/mol. The zero-order valence-corrected chi connectivity index (χ0v) is 16.6. The van der Waals surface area contributed by atoms with E-state index in [1.807, 2.05) is 30.3 Å². The maximum absolute atomic E-state index is 13.2. The highest BCUT2D eigenvalue weighted by molar-refractivity contribution is 7.80. The summed E-state index contributed by atoms with van der Waals surface area (Å²) in [6.45, 7) is 0. The zero-order chi connectivity index (χ0) is 19.5. The minimum absolute atomic E-state index is 0.130. The molecule has 4 rings (SSSR count). The number of anilines is 2. The van der Waals surface area contributed by atoms with Crippen LogP contribution in [0.15, 0.2) is 47.5 Å². The first kappa shape index (κ1) is 18.8. The fraction of sp³-hybridized carbons (Fsp3) is 0.381. The number of aromatic nitrogens is 3. The van der Waals surface area contributed by atoms with Crippen molar-refractivity contribution in [1.82, 2.24) is 14.8 Å². The number of carbonyl (C=O) groups excluding carboxylic acids is 1. The van der Waals surface area contributed by atoms with Crippen molar-refractivity contribution >= 4 is 41.1 Å². The van der Waals surface area contributed by atoms with Crippen LogP contribution < -0.4 is 11.1 Å². The summed E-state index contributed by atoms with van der Waals surface area (Å²) in [7, 11) is 0. The second kappa shape index (κ2) is 8.22. The molecule has 2 heterocycles. The summed E-state index contributed by atoms with van der Waals surface area (Å²) in [6, 6.07) is 10.6. The minimum Gasteiger partial charge on any atom is -0.383 e. The molecule has 0 radical (unpaired) electrons. The fourth-order valence-electron chi connectivity index (χ4n) is 4.05. The summed E-state index contributed by atoms with van der Waals surface area (Å²) >= 11 is 4.40. The van der Waals surface area contributed by atoms with E-state index >= 15 is 0 Å². The molecule has 2 aromatic heterocycles. The standard InChI is InChI=1S/C21H25N5OS/c22-20-16-13-15(28)9-10-17(16)25-26(20)18(12-14-6-2-1-3-7-14)21(27)24-19-8-4-5-11-23-19/h4-5,8-11,13-14,18,28H,1-3,6-7,12,22H2,(H,23,24,27). The number of fused-ring (bicyclic) bond motifs is 1. The van der Waals surface area contributed by atoms with Gasteiger partial charge in [-0.3, -0.25) is 4.79 Å². The predicted octanol–water partition coefficient (Wildman–Crippen LogP) is 4.45. The van der Waals surface area contributed by atoms with Crippen LogP contribution in [-0.2, 0) is 4.79 Å². The van der Waals surface area contributed by atoms with Crippen molar-refractivity contribution in [3.63, 3.8) is 0 Å². The van der Waals surface area contributed by atoms with Gasteiger partial charge in [0.1, 0.15) is 17.7 Å². The molecule has 1 aliphatic rings. The Morgan fingerprint density at radius 2 is 2.07 bits per heavy atom. The van der Waals surface area contributed by atoms with Gasteiger partial charge in [-0.25, -0.2) is 9.67 Å². The maximum Gasteiger partial charge on any atom is 0.250 e. The number of nitrogens with two attached hydrogens (primary N) is 1. The Morgan fingerprint density at radius 3 is 2.82 bits per heavy atom. The van der Waals surface area contributed by atoms with Gasteiger partial charge in [0.05, 0.1) is 5.52 Å². The van der Waals surface area contributed by atoms with E-state index in [0.29, 0.717) is 17.6 Å². The lowest BCUT2D eigenvalue weighted by atomic mass is 9.84. The molecule has 1 aliphatic carbocycles. The number of nitrogens with zero attached hydrogens (tertiary/aromatic N) is 3. The SMILES string of the molecule is Nc1c2cc(S)ccc2nn1C(CC1CCCCC1)C(=O)Nc1ccccn1. The third-order valence-electron chi connectivity index (χ3n) is 5.51. The molecule has 7 heteroatoms. The van der Waals surface area contributed by atoms with Gasteiger partial charge in [-0.05, 0) is 42.7 Å². The number of hydrogen-bond acceptors (Lipinski definition) is 5. The number of hydrogen-bond donors (Lipinski definition) is 3. The second-order valence-corrected chi connectivity index (χ2v) is 8.01. The lowest BCUT2D eigenvalue weighted by Gasteiger charge is -2.26. The Hall–Kier alpha value is -2.54. The highest BCUT2D eigenvalue weighted by Gasteiger charge is 2.29. The summed E-state index contributed by atoms with van der Waals surface area (Å²) in [5.41, 5.74) is 7.19. The minimum atomic E-state index is -0.471. The van der Waals surface area contributed by atoms with Crippen LogP contribution in [0.1, 0.15) is 44.6 Å². The lowest BCUT2D eigenvalue weighted by molar-refractivity contribution is -0.120. The number of thiol groups is 1. The van der Waals surface area contributed by atoms with E-state index in [0.717, 1.165) is 35.1 Å². The highest BCUT2D eigenvalue weighted by Crippen LogP contribution is 2.34. The molecular weight excluding hydrogens is 370 g/mol. The Bertz CT molecular complexity index is 966. The molecule has 0 bridgehead atoms. The second-order valence-electron chi connectivity index (χ2n) is 7.49. The molecule has 1 atom stereocenters. The van der Waals surface area contributed by atoms with Crippen molar-refractivity contribution in [1.29, 1.82) is 0 Å². The van der Waals surface area contributed by atoms with Gasteiger partial charge in [0.2, 0.25) is 5.91 Å². The molecule has 1 aromatic carbocycles. The number of rotatable bonds is 5. The van der Waals surface area contributed by atoms with Crippen molar-refractivity contribution in [2.75, 3.05) is 11.1 Å². The van der Waals surface area contributed by atoms with E-state index < -0.39 is 6.04 Å². The van der Waals surface area contributed by atoms with E-state index in [1.165, 1.54) is 19.3 Å². The molecule has 28 heavy (non-hydrogen) atoms. The summed E-state index contributed by atoms with van der Waals surface area (Å²) < 4.78 is 1.69. The summed E-state index contributed by atoms with van der Waals surface area (Å²) in [5, 5.41) is 8.42. The first-order chi connectivity index (χ1) is 13.6.